The van der Waals surface area contributed by atoms with Crippen LogP contribution < -0.4 is 5.32 Å². The Morgan fingerprint density at radius 1 is 1.40 bits per heavy atom. The molecule has 20 heavy (non-hydrogen) atoms. The van der Waals surface area contributed by atoms with E-state index in [1.54, 1.807) is 0 Å². The molecule has 2 heterocycles. The summed E-state index contributed by atoms with van der Waals surface area (Å²) in [6.45, 7) is 10.2. The predicted octanol–water partition coefficient (Wildman–Crippen LogP) is 1.74. The first kappa shape index (κ1) is 17.7. The molecule has 5 heteroatoms. The van der Waals surface area contributed by atoms with Crippen LogP contribution in [0.1, 0.15) is 39.5 Å². The minimum absolute atomic E-state index is 0. The molecule has 0 aromatic heterocycles. The summed E-state index contributed by atoms with van der Waals surface area (Å²) in [6.07, 6.45) is 4.75. The fraction of sp³-hybridized carbons (Fsp3) is 0.933. The summed E-state index contributed by atoms with van der Waals surface area (Å²) in [4.78, 5) is 16.9. The van der Waals surface area contributed by atoms with Gasteiger partial charge in [0.15, 0.2) is 0 Å². The lowest BCUT2D eigenvalue weighted by atomic mass is 10.0. The maximum Gasteiger partial charge on any atom is 0.236 e. The number of piperidine rings is 1. The average Bonchev–Trinajstić information content (AvgIpc) is 2.92. The van der Waals surface area contributed by atoms with E-state index in [1.807, 2.05) is 0 Å². The van der Waals surface area contributed by atoms with Gasteiger partial charge in [0.05, 0.1) is 6.54 Å². The summed E-state index contributed by atoms with van der Waals surface area (Å²) in [5.41, 5.74) is 0. The van der Waals surface area contributed by atoms with Gasteiger partial charge in [0, 0.05) is 25.7 Å². The van der Waals surface area contributed by atoms with Crippen molar-refractivity contribution >= 4 is 18.3 Å². The Hall–Kier alpha value is -0.320. The number of carbonyl (C=O) groups is 1. The Morgan fingerprint density at radius 2 is 2.20 bits per heavy atom. The van der Waals surface area contributed by atoms with Crippen LogP contribution in [0.25, 0.3) is 0 Å². The third-order valence-corrected chi connectivity index (χ3v) is 4.41. The lowest BCUT2D eigenvalue weighted by Crippen LogP contribution is -2.48. The number of amides is 1. The number of halogens is 1. The van der Waals surface area contributed by atoms with Crippen molar-refractivity contribution in [2.24, 2.45) is 5.92 Å². The van der Waals surface area contributed by atoms with E-state index >= 15 is 0 Å². The smallest absolute Gasteiger partial charge is 0.236 e. The van der Waals surface area contributed by atoms with Crippen LogP contribution in [0.15, 0.2) is 0 Å². The highest BCUT2D eigenvalue weighted by molar-refractivity contribution is 5.85. The van der Waals surface area contributed by atoms with Crippen molar-refractivity contribution in [2.75, 3.05) is 39.3 Å². The van der Waals surface area contributed by atoms with Crippen LogP contribution in [0.4, 0.5) is 0 Å². The first-order chi connectivity index (χ1) is 9.20. The number of hydrogen-bond donors (Lipinski definition) is 1. The molecule has 2 aliphatic rings. The van der Waals surface area contributed by atoms with Gasteiger partial charge in [-0.2, -0.15) is 0 Å². The van der Waals surface area contributed by atoms with Gasteiger partial charge >= 0.3 is 0 Å². The lowest BCUT2D eigenvalue weighted by molar-refractivity contribution is -0.134. The van der Waals surface area contributed by atoms with Gasteiger partial charge in [0.2, 0.25) is 5.91 Å². The van der Waals surface area contributed by atoms with E-state index in [0.29, 0.717) is 24.4 Å². The molecule has 118 valence electrons. The van der Waals surface area contributed by atoms with E-state index in [1.165, 1.54) is 19.3 Å². The molecule has 1 amide bonds. The zero-order valence-electron chi connectivity index (χ0n) is 12.9. The van der Waals surface area contributed by atoms with Crippen molar-refractivity contribution in [1.29, 1.82) is 0 Å². The summed E-state index contributed by atoms with van der Waals surface area (Å²) >= 11 is 0. The second-order valence-corrected chi connectivity index (χ2v) is 6.20. The Bertz CT molecular complexity index is 295. The monoisotopic (exact) mass is 303 g/mol. The SMILES string of the molecule is CCCN(CC(=O)N1CCCC(C)C1)C1CCNC1.Cl. The van der Waals surface area contributed by atoms with Crippen LogP contribution in [0.3, 0.4) is 0 Å². The van der Waals surface area contributed by atoms with Gasteiger partial charge in [-0.05, 0) is 44.7 Å². The molecular formula is C15H30ClN3O. The van der Waals surface area contributed by atoms with E-state index in [2.05, 4.69) is 29.0 Å². The number of likely N-dealkylation sites (tertiary alicyclic amines) is 1. The standard InChI is InChI=1S/C15H29N3O.ClH/c1-3-8-17(14-6-7-16-10-14)12-15(19)18-9-4-5-13(2)11-18;/h13-14,16H,3-12H2,1-2H3;1H. The van der Waals surface area contributed by atoms with Crippen LogP contribution in [0, 0.1) is 5.92 Å². The van der Waals surface area contributed by atoms with Gasteiger partial charge in [-0.3, -0.25) is 9.69 Å². The quantitative estimate of drug-likeness (QED) is 0.840. The second-order valence-electron chi connectivity index (χ2n) is 6.20. The molecular weight excluding hydrogens is 274 g/mol. The molecule has 2 fully saturated rings. The van der Waals surface area contributed by atoms with Gasteiger partial charge in [0.1, 0.15) is 0 Å². The van der Waals surface area contributed by atoms with Crippen molar-refractivity contribution in [3.8, 4) is 0 Å². The van der Waals surface area contributed by atoms with Crippen LogP contribution in [0.2, 0.25) is 0 Å². The molecule has 2 aliphatic heterocycles. The number of nitrogens with zero attached hydrogens (tertiary/aromatic N) is 2. The first-order valence-corrected chi connectivity index (χ1v) is 7.93. The molecule has 0 saturated carbocycles. The van der Waals surface area contributed by atoms with Crippen LogP contribution in [-0.2, 0) is 4.79 Å². The topological polar surface area (TPSA) is 35.6 Å². The summed E-state index contributed by atoms with van der Waals surface area (Å²) < 4.78 is 0. The number of hydrogen-bond acceptors (Lipinski definition) is 3. The zero-order chi connectivity index (χ0) is 13.7. The van der Waals surface area contributed by atoms with Gasteiger partial charge in [0.25, 0.3) is 0 Å². The zero-order valence-corrected chi connectivity index (χ0v) is 13.8. The maximum absolute atomic E-state index is 12.4. The number of rotatable bonds is 5. The van der Waals surface area contributed by atoms with E-state index in [4.69, 9.17) is 0 Å². The number of nitrogens with one attached hydrogen (secondary N) is 1. The van der Waals surface area contributed by atoms with E-state index in [0.717, 1.165) is 39.1 Å². The van der Waals surface area contributed by atoms with Crippen molar-refractivity contribution < 1.29 is 4.79 Å². The fourth-order valence-electron chi connectivity index (χ4n) is 3.32. The molecule has 2 saturated heterocycles. The van der Waals surface area contributed by atoms with Gasteiger partial charge in [-0.1, -0.05) is 13.8 Å². The van der Waals surface area contributed by atoms with Crippen LogP contribution >= 0.6 is 12.4 Å². The summed E-state index contributed by atoms with van der Waals surface area (Å²) in [5.74, 6) is 1.01. The Kier molecular flexibility index (Phi) is 7.85. The maximum atomic E-state index is 12.4. The molecule has 4 nitrogen and oxygen atoms in total. The third-order valence-electron chi connectivity index (χ3n) is 4.41. The lowest BCUT2D eigenvalue weighted by Gasteiger charge is -2.34. The third kappa shape index (κ3) is 4.90. The Balaban J connectivity index is 0.00000200. The molecule has 0 bridgehead atoms. The first-order valence-electron chi connectivity index (χ1n) is 7.93. The van der Waals surface area contributed by atoms with Crippen molar-refractivity contribution in [3.63, 3.8) is 0 Å². The van der Waals surface area contributed by atoms with E-state index in [-0.39, 0.29) is 12.4 Å². The second kappa shape index (κ2) is 8.85. The summed E-state index contributed by atoms with van der Waals surface area (Å²) in [7, 11) is 0. The molecule has 2 unspecified atom stereocenters. The Labute approximate surface area is 129 Å². The minimum atomic E-state index is 0. The molecule has 0 radical (unpaired) electrons. The average molecular weight is 304 g/mol. The van der Waals surface area contributed by atoms with Crippen molar-refractivity contribution in [1.82, 2.24) is 15.1 Å². The molecule has 0 spiro atoms. The summed E-state index contributed by atoms with van der Waals surface area (Å²) in [5, 5.41) is 3.40. The van der Waals surface area contributed by atoms with Gasteiger partial charge in [-0.25, -0.2) is 0 Å². The van der Waals surface area contributed by atoms with E-state index in [9.17, 15) is 4.79 Å². The predicted molar refractivity (Wildman–Crippen MR) is 85.4 cm³/mol. The van der Waals surface area contributed by atoms with Crippen LogP contribution in [0.5, 0.6) is 0 Å². The molecule has 1 N–H and O–H groups in total. The minimum Gasteiger partial charge on any atom is -0.341 e. The largest absolute Gasteiger partial charge is 0.341 e. The highest BCUT2D eigenvalue weighted by Crippen LogP contribution is 2.16. The molecule has 0 aromatic carbocycles. The van der Waals surface area contributed by atoms with Crippen molar-refractivity contribution in [2.45, 2.75) is 45.6 Å². The highest BCUT2D eigenvalue weighted by atomic mass is 35.5. The molecule has 2 atom stereocenters. The number of carbonyl (C=O) groups excluding carboxylic acids is 1. The summed E-state index contributed by atoms with van der Waals surface area (Å²) in [6, 6.07) is 0.561. The normalized spacial score (nSPS) is 26.6. The van der Waals surface area contributed by atoms with Crippen molar-refractivity contribution in [3.05, 3.63) is 0 Å². The van der Waals surface area contributed by atoms with Crippen LogP contribution in [-0.4, -0.2) is 61.0 Å². The van der Waals surface area contributed by atoms with E-state index < -0.39 is 0 Å². The van der Waals surface area contributed by atoms with Gasteiger partial charge < -0.3 is 10.2 Å². The fourth-order valence-corrected chi connectivity index (χ4v) is 3.32. The highest BCUT2D eigenvalue weighted by Gasteiger charge is 2.27. The molecule has 0 aliphatic carbocycles. The Morgan fingerprint density at radius 3 is 2.80 bits per heavy atom. The van der Waals surface area contributed by atoms with Gasteiger partial charge in [-0.15, -0.1) is 12.4 Å². The molecule has 0 aromatic rings. The molecule has 2 rings (SSSR count).